The van der Waals surface area contributed by atoms with Gasteiger partial charge in [0.1, 0.15) is 5.75 Å². The summed E-state index contributed by atoms with van der Waals surface area (Å²) in [7, 11) is 4.72. The van der Waals surface area contributed by atoms with Gasteiger partial charge < -0.3 is 34.5 Å². The number of amides is 1. The van der Waals surface area contributed by atoms with Gasteiger partial charge >= 0.3 is 0 Å². The zero-order valence-corrected chi connectivity index (χ0v) is 18.9. The summed E-state index contributed by atoms with van der Waals surface area (Å²) < 4.78 is 21.7. The van der Waals surface area contributed by atoms with Gasteiger partial charge in [-0.25, -0.2) is 0 Å². The van der Waals surface area contributed by atoms with Gasteiger partial charge in [-0.2, -0.15) is 0 Å². The molecule has 0 aromatic heterocycles. The molecule has 1 aliphatic rings. The summed E-state index contributed by atoms with van der Waals surface area (Å²) in [6.07, 6.45) is 0.700. The molecule has 1 heterocycles. The van der Waals surface area contributed by atoms with E-state index in [-0.39, 0.29) is 12.5 Å². The first kappa shape index (κ1) is 23.1. The van der Waals surface area contributed by atoms with Crippen molar-refractivity contribution in [2.24, 2.45) is 4.99 Å². The van der Waals surface area contributed by atoms with Crippen LogP contribution in [-0.2, 0) is 4.79 Å². The standard InChI is InChI=1S/C23H30N4O5/c1-5-24-23(26-16-13-19(29-2)22(31-4)20(14-16)30-3)25-11-8-12-27-17-9-6-7-10-18(17)32-15-21(27)28/h6-7,9-10,13-14H,5,8,11-12,15H2,1-4H3,(H2,24,25,26). The van der Waals surface area contributed by atoms with E-state index < -0.39 is 0 Å². The number of benzene rings is 2. The lowest BCUT2D eigenvalue weighted by atomic mass is 10.2. The third-order valence-corrected chi connectivity index (χ3v) is 4.89. The van der Waals surface area contributed by atoms with Crippen molar-refractivity contribution >= 4 is 23.2 Å². The van der Waals surface area contributed by atoms with Crippen LogP contribution in [0.5, 0.6) is 23.0 Å². The molecule has 2 N–H and O–H groups in total. The summed E-state index contributed by atoms with van der Waals surface area (Å²) in [6, 6.07) is 11.2. The largest absolute Gasteiger partial charge is 0.493 e. The van der Waals surface area contributed by atoms with Crippen molar-refractivity contribution < 1.29 is 23.7 Å². The molecule has 0 saturated heterocycles. The van der Waals surface area contributed by atoms with Gasteiger partial charge in [-0.15, -0.1) is 0 Å². The minimum Gasteiger partial charge on any atom is -0.493 e. The van der Waals surface area contributed by atoms with Crippen LogP contribution in [0.25, 0.3) is 0 Å². The van der Waals surface area contributed by atoms with E-state index >= 15 is 0 Å². The number of hydrogen-bond donors (Lipinski definition) is 2. The first-order valence-corrected chi connectivity index (χ1v) is 10.5. The Bertz CT molecular complexity index is 938. The van der Waals surface area contributed by atoms with Crippen molar-refractivity contribution in [3.63, 3.8) is 0 Å². The number of fused-ring (bicyclic) bond motifs is 1. The van der Waals surface area contributed by atoms with Crippen molar-refractivity contribution in [3.8, 4) is 23.0 Å². The maximum atomic E-state index is 12.3. The predicted molar refractivity (Wildman–Crippen MR) is 125 cm³/mol. The molecule has 0 unspecified atom stereocenters. The fraction of sp³-hybridized carbons (Fsp3) is 0.391. The first-order chi connectivity index (χ1) is 15.6. The lowest BCUT2D eigenvalue weighted by Crippen LogP contribution is -2.39. The summed E-state index contributed by atoms with van der Waals surface area (Å²) in [5, 5.41) is 6.49. The minimum absolute atomic E-state index is 0.0462. The van der Waals surface area contributed by atoms with Crippen LogP contribution in [-0.4, -0.2) is 59.4 Å². The Labute approximate surface area is 188 Å². The number of ether oxygens (including phenoxy) is 4. The summed E-state index contributed by atoms with van der Waals surface area (Å²) >= 11 is 0. The van der Waals surface area contributed by atoms with E-state index in [1.54, 1.807) is 26.2 Å². The van der Waals surface area contributed by atoms with Crippen LogP contribution in [0.4, 0.5) is 11.4 Å². The van der Waals surface area contributed by atoms with Gasteiger partial charge in [0.15, 0.2) is 24.1 Å². The second-order valence-corrected chi connectivity index (χ2v) is 6.96. The number of methoxy groups -OCH3 is 3. The molecule has 2 aromatic rings. The van der Waals surface area contributed by atoms with Crippen LogP contribution in [0.2, 0.25) is 0 Å². The number of guanidine groups is 1. The number of rotatable bonds is 9. The van der Waals surface area contributed by atoms with Crippen molar-refractivity contribution in [1.82, 2.24) is 5.32 Å². The van der Waals surface area contributed by atoms with E-state index in [9.17, 15) is 4.79 Å². The maximum Gasteiger partial charge on any atom is 0.265 e. The molecule has 0 bridgehead atoms. The number of carbonyl (C=O) groups excluding carboxylic acids is 1. The molecule has 0 saturated carbocycles. The molecular formula is C23H30N4O5. The van der Waals surface area contributed by atoms with Crippen molar-refractivity contribution in [3.05, 3.63) is 36.4 Å². The fourth-order valence-electron chi connectivity index (χ4n) is 3.42. The predicted octanol–water partition coefficient (Wildman–Crippen LogP) is 2.91. The van der Waals surface area contributed by atoms with Gasteiger partial charge in [-0.1, -0.05) is 12.1 Å². The molecule has 0 atom stereocenters. The molecular weight excluding hydrogens is 412 g/mol. The SMILES string of the molecule is CCNC(=NCCCN1C(=O)COc2ccccc21)Nc1cc(OC)c(OC)c(OC)c1. The molecule has 0 radical (unpaired) electrons. The second kappa shape index (κ2) is 11.1. The molecule has 1 aliphatic heterocycles. The van der Waals surface area contributed by atoms with Gasteiger partial charge in [-0.05, 0) is 25.5 Å². The van der Waals surface area contributed by atoms with Crippen LogP contribution in [0, 0.1) is 0 Å². The number of hydrogen-bond acceptors (Lipinski definition) is 6. The van der Waals surface area contributed by atoms with Crippen LogP contribution in [0.1, 0.15) is 13.3 Å². The van der Waals surface area contributed by atoms with Crippen LogP contribution in [0.3, 0.4) is 0 Å². The normalized spacial score (nSPS) is 13.2. The van der Waals surface area contributed by atoms with Gasteiger partial charge in [0.2, 0.25) is 5.75 Å². The van der Waals surface area contributed by atoms with E-state index in [0.717, 1.165) is 17.1 Å². The third-order valence-electron chi connectivity index (χ3n) is 4.89. The number of para-hydroxylation sites is 2. The molecule has 9 nitrogen and oxygen atoms in total. The highest BCUT2D eigenvalue weighted by molar-refractivity contribution is 5.97. The van der Waals surface area contributed by atoms with E-state index in [4.69, 9.17) is 18.9 Å². The molecule has 32 heavy (non-hydrogen) atoms. The molecule has 2 aromatic carbocycles. The van der Waals surface area contributed by atoms with Gasteiger partial charge in [0, 0.05) is 37.5 Å². The Morgan fingerprint density at radius 1 is 1.12 bits per heavy atom. The van der Waals surface area contributed by atoms with E-state index in [2.05, 4.69) is 15.6 Å². The molecule has 172 valence electrons. The fourth-order valence-corrected chi connectivity index (χ4v) is 3.42. The topological polar surface area (TPSA) is 93.7 Å². The third kappa shape index (κ3) is 5.35. The molecule has 0 fully saturated rings. The number of anilines is 2. The first-order valence-electron chi connectivity index (χ1n) is 10.5. The Kier molecular flexibility index (Phi) is 8.02. The van der Waals surface area contributed by atoms with E-state index in [1.807, 2.05) is 43.3 Å². The lowest BCUT2D eigenvalue weighted by molar-refractivity contribution is -0.121. The zero-order valence-electron chi connectivity index (χ0n) is 18.9. The monoisotopic (exact) mass is 442 g/mol. The lowest BCUT2D eigenvalue weighted by Gasteiger charge is -2.29. The average Bonchev–Trinajstić information content (AvgIpc) is 2.82. The molecule has 1 amide bonds. The molecule has 0 aliphatic carbocycles. The maximum absolute atomic E-state index is 12.3. The highest BCUT2D eigenvalue weighted by atomic mass is 16.5. The highest BCUT2D eigenvalue weighted by Crippen LogP contribution is 2.39. The number of nitrogens with zero attached hydrogens (tertiary/aromatic N) is 2. The van der Waals surface area contributed by atoms with Gasteiger partial charge in [-0.3, -0.25) is 9.79 Å². The van der Waals surface area contributed by atoms with Crippen molar-refractivity contribution in [2.45, 2.75) is 13.3 Å². The summed E-state index contributed by atoms with van der Waals surface area (Å²) in [4.78, 5) is 18.7. The summed E-state index contributed by atoms with van der Waals surface area (Å²) in [5.41, 5.74) is 1.55. The van der Waals surface area contributed by atoms with E-state index in [0.29, 0.717) is 49.3 Å². The molecule has 9 heteroatoms. The Morgan fingerprint density at radius 3 is 2.50 bits per heavy atom. The van der Waals surface area contributed by atoms with E-state index in [1.165, 1.54) is 0 Å². The summed E-state index contributed by atoms with van der Waals surface area (Å²) in [6.45, 7) is 3.85. The summed E-state index contributed by atoms with van der Waals surface area (Å²) in [5.74, 6) is 2.93. The smallest absolute Gasteiger partial charge is 0.265 e. The Balaban J connectivity index is 1.67. The van der Waals surface area contributed by atoms with Crippen LogP contribution in [0.15, 0.2) is 41.4 Å². The number of nitrogens with one attached hydrogen (secondary N) is 2. The zero-order chi connectivity index (χ0) is 22.9. The quantitative estimate of drug-likeness (QED) is 0.350. The Hall–Kier alpha value is -3.62. The van der Waals surface area contributed by atoms with Crippen LogP contribution < -0.4 is 34.5 Å². The Morgan fingerprint density at radius 2 is 1.84 bits per heavy atom. The number of carbonyl (C=O) groups is 1. The van der Waals surface area contributed by atoms with Crippen molar-refractivity contribution in [1.29, 1.82) is 0 Å². The molecule has 3 rings (SSSR count). The van der Waals surface area contributed by atoms with Gasteiger partial charge in [0.05, 0.1) is 27.0 Å². The molecule has 0 spiro atoms. The second-order valence-electron chi connectivity index (χ2n) is 6.96. The van der Waals surface area contributed by atoms with Gasteiger partial charge in [0.25, 0.3) is 5.91 Å². The van der Waals surface area contributed by atoms with Crippen molar-refractivity contribution in [2.75, 3.05) is 57.8 Å². The minimum atomic E-state index is -0.0462. The van der Waals surface area contributed by atoms with Crippen LogP contribution >= 0.6 is 0 Å². The average molecular weight is 443 g/mol. The number of aliphatic imine (C=N–C) groups is 1. The highest BCUT2D eigenvalue weighted by Gasteiger charge is 2.24.